The molecule has 1 amide bonds. The lowest BCUT2D eigenvalue weighted by Gasteiger charge is -2.06. The fourth-order valence-corrected chi connectivity index (χ4v) is 1.87. The quantitative estimate of drug-likeness (QED) is 0.455. The minimum atomic E-state index is -0.429. The molecular formula is C12H12N8O2. The predicted molar refractivity (Wildman–Crippen MR) is 77.4 cm³/mol. The molecule has 0 aliphatic heterocycles. The third kappa shape index (κ3) is 2.75. The number of carbonyl (C=O) groups is 1. The summed E-state index contributed by atoms with van der Waals surface area (Å²) in [5.41, 5.74) is -0.128. The third-order valence-corrected chi connectivity index (χ3v) is 2.86. The van der Waals surface area contributed by atoms with Crippen LogP contribution in [0, 0.1) is 0 Å². The maximum atomic E-state index is 12.1. The van der Waals surface area contributed by atoms with Crippen molar-refractivity contribution >= 4 is 22.8 Å². The fraction of sp³-hybridized carbons (Fsp3) is 0.167. The maximum absolute atomic E-state index is 12.1. The number of amides is 1. The molecule has 3 aromatic heterocycles. The van der Waals surface area contributed by atoms with Crippen LogP contribution in [0.25, 0.3) is 11.0 Å². The smallest absolute Gasteiger partial charge is 0.270 e. The van der Waals surface area contributed by atoms with Crippen LogP contribution >= 0.6 is 0 Å². The van der Waals surface area contributed by atoms with Gasteiger partial charge in [0.05, 0.1) is 12.5 Å². The Bertz CT molecular complexity index is 841. The molecule has 0 fully saturated rings. The number of nitrogens with one attached hydrogen (secondary N) is 4. The van der Waals surface area contributed by atoms with E-state index in [0.29, 0.717) is 18.9 Å². The minimum Gasteiger partial charge on any atom is -0.367 e. The standard InChI is InChI=1S/C12H12N8O2/c21-11-8-9(19-20-10(8)17-6-18-11)12(22)16-4-3-15-7-5-13-1-2-14-7/h1-2,5-6H,3-4H2,(H,14,15)(H,16,22)(H2,17,18,19,20,21). The van der Waals surface area contributed by atoms with Crippen molar-refractivity contribution in [2.75, 3.05) is 18.4 Å². The summed E-state index contributed by atoms with van der Waals surface area (Å²) in [7, 11) is 0. The van der Waals surface area contributed by atoms with Gasteiger partial charge >= 0.3 is 0 Å². The molecule has 0 aliphatic rings. The number of anilines is 1. The van der Waals surface area contributed by atoms with Gasteiger partial charge < -0.3 is 15.6 Å². The molecule has 112 valence electrons. The molecule has 0 unspecified atom stereocenters. The molecule has 10 heteroatoms. The lowest BCUT2D eigenvalue weighted by molar-refractivity contribution is 0.0951. The van der Waals surface area contributed by atoms with E-state index in [-0.39, 0.29) is 16.7 Å². The monoisotopic (exact) mass is 300 g/mol. The molecular weight excluding hydrogens is 288 g/mol. The van der Waals surface area contributed by atoms with Crippen LogP contribution in [0.4, 0.5) is 5.82 Å². The average molecular weight is 300 g/mol. The van der Waals surface area contributed by atoms with E-state index in [4.69, 9.17) is 0 Å². The first-order valence-corrected chi connectivity index (χ1v) is 6.45. The van der Waals surface area contributed by atoms with Crippen molar-refractivity contribution in [3.8, 4) is 0 Å². The minimum absolute atomic E-state index is 0.0869. The van der Waals surface area contributed by atoms with Crippen LogP contribution < -0.4 is 16.2 Å². The van der Waals surface area contributed by atoms with E-state index in [0.717, 1.165) is 0 Å². The van der Waals surface area contributed by atoms with Crippen molar-refractivity contribution in [1.82, 2.24) is 35.5 Å². The first kappa shape index (κ1) is 13.7. The summed E-state index contributed by atoms with van der Waals surface area (Å²) < 4.78 is 0. The predicted octanol–water partition coefficient (Wildman–Crippen LogP) is -0.722. The SMILES string of the molecule is O=C(NCCNc1cnccn1)c1[nH]nc2nc[nH]c(=O)c12. The van der Waals surface area contributed by atoms with Gasteiger partial charge in [-0.2, -0.15) is 5.10 Å². The molecule has 10 nitrogen and oxygen atoms in total. The average Bonchev–Trinajstić information content (AvgIpc) is 2.98. The van der Waals surface area contributed by atoms with Gasteiger partial charge in [0.25, 0.3) is 11.5 Å². The summed E-state index contributed by atoms with van der Waals surface area (Å²) in [6.07, 6.45) is 5.95. The van der Waals surface area contributed by atoms with Gasteiger partial charge in [-0.25, -0.2) is 9.97 Å². The first-order valence-electron chi connectivity index (χ1n) is 6.45. The second-order valence-electron chi connectivity index (χ2n) is 4.30. The third-order valence-electron chi connectivity index (χ3n) is 2.86. The van der Waals surface area contributed by atoms with Crippen LogP contribution in [0.5, 0.6) is 0 Å². The highest BCUT2D eigenvalue weighted by atomic mass is 16.2. The summed E-state index contributed by atoms with van der Waals surface area (Å²) in [4.78, 5) is 38.0. The van der Waals surface area contributed by atoms with Gasteiger partial charge in [-0.1, -0.05) is 0 Å². The van der Waals surface area contributed by atoms with Gasteiger partial charge in [-0.15, -0.1) is 0 Å². The van der Waals surface area contributed by atoms with Crippen LogP contribution in [0.3, 0.4) is 0 Å². The molecule has 0 saturated heterocycles. The van der Waals surface area contributed by atoms with Crippen molar-refractivity contribution in [2.24, 2.45) is 0 Å². The van der Waals surface area contributed by atoms with Crippen LogP contribution in [-0.4, -0.2) is 49.1 Å². The fourth-order valence-electron chi connectivity index (χ4n) is 1.87. The Morgan fingerprint density at radius 3 is 2.95 bits per heavy atom. The van der Waals surface area contributed by atoms with Crippen LogP contribution in [0.2, 0.25) is 0 Å². The number of hydrogen-bond acceptors (Lipinski definition) is 7. The van der Waals surface area contributed by atoms with Crippen molar-refractivity contribution < 1.29 is 4.79 Å². The zero-order chi connectivity index (χ0) is 15.4. The summed E-state index contributed by atoms with van der Waals surface area (Å²) in [5.74, 6) is 0.186. The number of carbonyl (C=O) groups excluding carboxylic acids is 1. The van der Waals surface area contributed by atoms with Crippen molar-refractivity contribution in [3.05, 3.63) is 41.0 Å². The summed E-state index contributed by atoms with van der Waals surface area (Å²) in [6.45, 7) is 0.805. The highest BCUT2D eigenvalue weighted by molar-refractivity contribution is 6.03. The summed E-state index contributed by atoms with van der Waals surface area (Å²) >= 11 is 0. The summed E-state index contributed by atoms with van der Waals surface area (Å²) in [6, 6.07) is 0. The number of aromatic amines is 2. The van der Waals surface area contributed by atoms with E-state index in [2.05, 4.69) is 40.8 Å². The maximum Gasteiger partial charge on any atom is 0.270 e. The first-order chi connectivity index (χ1) is 10.8. The van der Waals surface area contributed by atoms with E-state index in [1.807, 2.05) is 0 Å². The normalized spacial score (nSPS) is 10.5. The van der Waals surface area contributed by atoms with E-state index in [1.165, 1.54) is 6.33 Å². The largest absolute Gasteiger partial charge is 0.367 e. The van der Waals surface area contributed by atoms with Gasteiger partial charge in [0, 0.05) is 25.5 Å². The lowest BCUT2D eigenvalue weighted by Crippen LogP contribution is -2.30. The Balaban J connectivity index is 1.61. The molecule has 0 aromatic carbocycles. The number of rotatable bonds is 5. The van der Waals surface area contributed by atoms with Gasteiger partial charge in [-0.05, 0) is 0 Å². The van der Waals surface area contributed by atoms with Crippen molar-refractivity contribution in [1.29, 1.82) is 0 Å². The van der Waals surface area contributed by atoms with Crippen LogP contribution in [0.15, 0.2) is 29.7 Å². The van der Waals surface area contributed by atoms with E-state index >= 15 is 0 Å². The molecule has 0 spiro atoms. The molecule has 0 aliphatic carbocycles. The zero-order valence-corrected chi connectivity index (χ0v) is 11.3. The molecule has 0 bridgehead atoms. The van der Waals surface area contributed by atoms with E-state index in [1.54, 1.807) is 18.6 Å². The van der Waals surface area contributed by atoms with E-state index < -0.39 is 11.5 Å². The van der Waals surface area contributed by atoms with Crippen molar-refractivity contribution in [3.63, 3.8) is 0 Å². The lowest BCUT2D eigenvalue weighted by atomic mass is 10.3. The Morgan fingerprint density at radius 1 is 1.23 bits per heavy atom. The second-order valence-corrected chi connectivity index (χ2v) is 4.30. The number of fused-ring (bicyclic) bond motifs is 1. The second kappa shape index (κ2) is 5.99. The Morgan fingerprint density at radius 2 is 2.14 bits per heavy atom. The highest BCUT2D eigenvalue weighted by Gasteiger charge is 2.16. The topological polar surface area (TPSA) is 141 Å². The van der Waals surface area contributed by atoms with Crippen molar-refractivity contribution in [2.45, 2.75) is 0 Å². The molecule has 3 heterocycles. The molecule has 22 heavy (non-hydrogen) atoms. The van der Waals surface area contributed by atoms with E-state index in [9.17, 15) is 9.59 Å². The summed E-state index contributed by atoms with van der Waals surface area (Å²) in [5, 5.41) is 12.2. The molecule has 3 rings (SSSR count). The number of nitrogens with zero attached hydrogens (tertiary/aromatic N) is 4. The van der Waals surface area contributed by atoms with Crippen LogP contribution in [-0.2, 0) is 0 Å². The number of H-pyrrole nitrogens is 2. The molecule has 3 aromatic rings. The Labute approximate surface area is 123 Å². The molecule has 4 N–H and O–H groups in total. The zero-order valence-electron chi connectivity index (χ0n) is 11.3. The number of hydrogen-bond donors (Lipinski definition) is 4. The van der Waals surface area contributed by atoms with Gasteiger partial charge in [0.15, 0.2) is 5.65 Å². The highest BCUT2D eigenvalue weighted by Crippen LogP contribution is 2.07. The molecule has 0 radical (unpaired) electrons. The van der Waals surface area contributed by atoms with Gasteiger partial charge in [-0.3, -0.25) is 19.7 Å². The number of aromatic nitrogens is 6. The Hall–Kier alpha value is -3.30. The molecule has 0 saturated carbocycles. The van der Waals surface area contributed by atoms with Gasteiger partial charge in [0.1, 0.15) is 16.9 Å². The molecule has 0 atom stereocenters. The Kier molecular flexibility index (Phi) is 3.72. The van der Waals surface area contributed by atoms with Gasteiger partial charge in [0.2, 0.25) is 0 Å². The van der Waals surface area contributed by atoms with Crippen LogP contribution in [0.1, 0.15) is 10.5 Å².